The zero-order valence-corrected chi connectivity index (χ0v) is 19.5. The standard InChI is InChI=1S/C21H22BClNO8P/c1-24-7-6-11(14(26)9-24)16-19(27)18(22)21(32-33(28,29)30)17-13(25)8-15(31-20(16)17)10-4-2-3-5-12(10)23/h2-5,8,11,14,26-27H,6-7,9,22H2,1H3,(H2,28,29,30)/t11-,14+/m0/s1. The van der Waals surface area contributed by atoms with Crippen LogP contribution in [0.4, 0.5) is 0 Å². The highest BCUT2D eigenvalue weighted by atomic mass is 35.5. The van der Waals surface area contributed by atoms with Gasteiger partial charge in [0.05, 0.1) is 11.1 Å². The number of aliphatic hydroxyl groups is 1. The highest BCUT2D eigenvalue weighted by Gasteiger charge is 2.35. The Kier molecular flexibility index (Phi) is 6.35. The number of β-amino-alcohol motifs (C(OH)–C–C–N with tert-alkyl or cyclic N) is 1. The molecule has 9 nitrogen and oxygen atoms in total. The maximum Gasteiger partial charge on any atom is 0.524 e. The Balaban J connectivity index is 2.08. The fourth-order valence-electron chi connectivity index (χ4n) is 4.30. The molecule has 0 bridgehead atoms. The van der Waals surface area contributed by atoms with Crippen LogP contribution in [0.25, 0.3) is 22.3 Å². The fourth-order valence-corrected chi connectivity index (χ4v) is 4.99. The zero-order chi connectivity index (χ0) is 24.1. The number of piperidine rings is 1. The Labute approximate surface area is 194 Å². The molecule has 0 radical (unpaired) electrons. The number of hydrogen-bond donors (Lipinski definition) is 4. The van der Waals surface area contributed by atoms with Crippen LogP contribution in [0, 0.1) is 0 Å². The van der Waals surface area contributed by atoms with Crippen molar-refractivity contribution in [3.05, 3.63) is 51.1 Å². The molecule has 2 atom stereocenters. The maximum absolute atomic E-state index is 13.2. The second-order valence-corrected chi connectivity index (χ2v) is 9.75. The molecule has 1 aromatic heterocycles. The summed E-state index contributed by atoms with van der Waals surface area (Å²) in [6.45, 7) is 0.955. The van der Waals surface area contributed by atoms with Gasteiger partial charge in [-0.2, -0.15) is 0 Å². The molecular formula is C21H22BClNO8P. The largest absolute Gasteiger partial charge is 0.524 e. The summed E-state index contributed by atoms with van der Waals surface area (Å²) in [7, 11) is -1.84. The number of phosphoric acid groups is 1. The number of nitrogens with zero attached hydrogens (tertiary/aromatic N) is 1. The molecule has 12 heteroatoms. The lowest BCUT2D eigenvalue weighted by atomic mass is 9.80. The second kappa shape index (κ2) is 8.79. The Morgan fingerprint density at radius 3 is 2.64 bits per heavy atom. The fraction of sp³-hybridized carbons (Fsp3) is 0.286. The number of aliphatic hydroxyl groups excluding tert-OH is 1. The minimum Gasteiger partial charge on any atom is -0.508 e. The molecule has 0 unspecified atom stereocenters. The monoisotopic (exact) mass is 493 g/mol. The van der Waals surface area contributed by atoms with Crippen molar-refractivity contribution in [2.24, 2.45) is 0 Å². The highest BCUT2D eigenvalue weighted by Crippen LogP contribution is 2.45. The summed E-state index contributed by atoms with van der Waals surface area (Å²) in [5.41, 5.74) is -0.179. The molecule has 3 aromatic rings. The van der Waals surface area contributed by atoms with Crippen LogP contribution in [-0.2, 0) is 4.57 Å². The highest BCUT2D eigenvalue weighted by molar-refractivity contribution is 7.46. The van der Waals surface area contributed by atoms with Crippen molar-refractivity contribution in [1.29, 1.82) is 0 Å². The molecule has 0 saturated carbocycles. The Hall–Kier alpha value is -2.33. The van der Waals surface area contributed by atoms with Gasteiger partial charge in [0, 0.05) is 29.7 Å². The molecule has 2 aromatic carbocycles. The number of phosphoric ester groups is 1. The lowest BCUT2D eigenvalue weighted by Gasteiger charge is -2.34. The van der Waals surface area contributed by atoms with Crippen LogP contribution in [0.3, 0.4) is 0 Å². The third-order valence-electron chi connectivity index (χ3n) is 5.88. The summed E-state index contributed by atoms with van der Waals surface area (Å²) >= 11 is 6.28. The van der Waals surface area contributed by atoms with Crippen LogP contribution >= 0.6 is 19.4 Å². The van der Waals surface area contributed by atoms with Gasteiger partial charge in [-0.05, 0) is 37.6 Å². The van der Waals surface area contributed by atoms with E-state index in [9.17, 15) is 29.4 Å². The van der Waals surface area contributed by atoms with Gasteiger partial charge < -0.3 is 24.1 Å². The van der Waals surface area contributed by atoms with E-state index in [1.54, 1.807) is 24.3 Å². The summed E-state index contributed by atoms with van der Waals surface area (Å²) in [5, 5.41) is 21.9. The van der Waals surface area contributed by atoms with E-state index in [2.05, 4.69) is 0 Å². The Morgan fingerprint density at radius 1 is 1.30 bits per heavy atom. The van der Waals surface area contributed by atoms with Crippen molar-refractivity contribution < 1.29 is 33.5 Å². The van der Waals surface area contributed by atoms with Gasteiger partial charge in [0.25, 0.3) is 0 Å². The minimum absolute atomic E-state index is 0.0373. The second-order valence-electron chi connectivity index (χ2n) is 8.18. The number of hydrogen-bond acceptors (Lipinski definition) is 7. The average molecular weight is 494 g/mol. The molecule has 0 aliphatic carbocycles. The number of halogens is 1. The van der Waals surface area contributed by atoms with Crippen molar-refractivity contribution >= 4 is 43.7 Å². The third kappa shape index (κ3) is 4.55. The number of aromatic hydroxyl groups is 1. The summed E-state index contributed by atoms with van der Waals surface area (Å²) in [6.07, 6.45) is -0.418. The van der Waals surface area contributed by atoms with E-state index in [-0.39, 0.29) is 33.5 Å². The van der Waals surface area contributed by atoms with Gasteiger partial charge in [0.2, 0.25) is 0 Å². The van der Waals surface area contributed by atoms with Gasteiger partial charge in [-0.15, -0.1) is 0 Å². The number of phenolic OH excluding ortho intramolecular Hbond substituents is 1. The predicted octanol–water partition coefficient (Wildman–Crippen LogP) is 1.33. The van der Waals surface area contributed by atoms with Gasteiger partial charge in [-0.1, -0.05) is 23.7 Å². The number of likely N-dealkylation sites (N-methyl/N-ethyl adjacent to an activating group) is 1. The molecule has 4 rings (SSSR count). The SMILES string of the molecule is Bc1c(O)c([C@H]2CCN(C)C[C@H]2O)c2oc(-c3ccccc3Cl)cc(=O)c2c1OP(=O)(O)O. The van der Waals surface area contributed by atoms with E-state index in [0.29, 0.717) is 30.1 Å². The number of benzene rings is 2. The van der Waals surface area contributed by atoms with E-state index < -0.39 is 31.0 Å². The summed E-state index contributed by atoms with van der Waals surface area (Å²) in [6, 6.07) is 7.85. The molecule has 1 aliphatic heterocycles. The van der Waals surface area contributed by atoms with Gasteiger partial charge in [-0.3, -0.25) is 14.6 Å². The average Bonchev–Trinajstić information content (AvgIpc) is 2.72. The molecule has 1 fully saturated rings. The topological polar surface area (TPSA) is 141 Å². The minimum atomic E-state index is -5.07. The van der Waals surface area contributed by atoms with E-state index in [1.165, 1.54) is 7.85 Å². The number of fused-ring (bicyclic) bond motifs is 1. The molecule has 2 heterocycles. The molecular weight excluding hydrogens is 471 g/mol. The molecule has 0 spiro atoms. The lowest BCUT2D eigenvalue weighted by molar-refractivity contribution is 0.0631. The summed E-state index contributed by atoms with van der Waals surface area (Å²) in [5.74, 6) is -1.32. The molecule has 1 saturated heterocycles. The van der Waals surface area contributed by atoms with Crippen LogP contribution in [-0.4, -0.2) is 59.0 Å². The van der Waals surface area contributed by atoms with Crippen LogP contribution in [0.2, 0.25) is 5.02 Å². The van der Waals surface area contributed by atoms with Crippen molar-refractivity contribution in [2.75, 3.05) is 20.1 Å². The maximum atomic E-state index is 13.2. The van der Waals surface area contributed by atoms with Crippen molar-refractivity contribution in [1.82, 2.24) is 4.90 Å². The molecule has 33 heavy (non-hydrogen) atoms. The normalized spacial score (nSPS) is 19.7. The van der Waals surface area contributed by atoms with Gasteiger partial charge in [0.15, 0.2) is 5.43 Å². The van der Waals surface area contributed by atoms with Crippen molar-refractivity contribution in [3.63, 3.8) is 0 Å². The molecule has 0 amide bonds. The first kappa shape index (κ1) is 23.8. The van der Waals surface area contributed by atoms with Crippen LogP contribution in [0.15, 0.2) is 39.5 Å². The first-order chi connectivity index (χ1) is 15.5. The van der Waals surface area contributed by atoms with Crippen molar-refractivity contribution in [2.45, 2.75) is 18.4 Å². The summed E-state index contributed by atoms with van der Waals surface area (Å²) in [4.78, 5) is 34.0. The van der Waals surface area contributed by atoms with E-state index in [1.807, 2.05) is 11.9 Å². The molecule has 4 N–H and O–H groups in total. The number of likely N-dealkylation sites (tertiary alicyclic amines) is 1. The van der Waals surface area contributed by atoms with Gasteiger partial charge in [-0.25, -0.2) is 4.57 Å². The smallest absolute Gasteiger partial charge is 0.508 e. The Morgan fingerprint density at radius 2 is 2.00 bits per heavy atom. The van der Waals surface area contributed by atoms with Crippen LogP contribution < -0.4 is 15.4 Å². The molecule has 174 valence electrons. The van der Waals surface area contributed by atoms with Gasteiger partial charge >= 0.3 is 7.82 Å². The first-order valence-corrected chi connectivity index (χ1v) is 12.1. The van der Waals surface area contributed by atoms with E-state index in [0.717, 1.165) is 6.07 Å². The van der Waals surface area contributed by atoms with Gasteiger partial charge in [0.1, 0.15) is 36.1 Å². The summed E-state index contributed by atoms with van der Waals surface area (Å²) < 4.78 is 22.5. The number of rotatable bonds is 4. The predicted molar refractivity (Wildman–Crippen MR) is 126 cm³/mol. The first-order valence-electron chi connectivity index (χ1n) is 10.2. The lowest BCUT2D eigenvalue weighted by Crippen LogP contribution is -2.40. The third-order valence-corrected chi connectivity index (χ3v) is 6.63. The van der Waals surface area contributed by atoms with Crippen LogP contribution in [0.5, 0.6) is 11.5 Å². The Bertz CT molecular complexity index is 1340. The van der Waals surface area contributed by atoms with Crippen molar-refractivity contribution in [3.8, 4) is 22.8 Å². The van der Waals surface area contributed by atoms with E-state index in [4.69, 9.17) is 20.5 Å². The number of phenols is 1. The zero-order valence-electron chi connectivity index (χ0n) is 17.9. The van der Waals surface area contributed by atoms with E-state index >= 15 is 0 Å². The quantitative estimate of drug-likeness (QED) is 0.313. The molecule has 1 aliphatic rings. The van der Waals surface area contributed by atoms with Crippen LogP contribution in [0.1, 0.15) is 17.9 Å².